The fourth-order valence-corrected chi connectivity index (χ4v) is 2.29. The second-order valence-electron chi connectivity index (χ2n) is 3.66. The van der Waals surface area contributed by atoms with Gasteiger partial charge in [-0.15, -0.1) is 0 Å². The molecule has 0 aromatic carbocycles. The summed E-state index contributed by atoms with van der Waals surface area (Å²) < 4.78 is 0. The Morgan fingerprint density at radius 3 is 2.71 bits per heavy atom. The van der Waals surface area contributed by atoms with Gasteiger partial charge in [0.05, 0.1) is 12.1 Å². The first-order valence-electron chi connectivity index (χ1n) is 5.29. The van der Waals surface area contributed by atoms with Gasteiger partial charge in [0, 0.05) is 19.0 Å². The number of carbonyl (C=O) groups excluding carboxylic acids is 1. The summed E-state index contributed by atoms with van der Waals surface area (Å²) in [5, 5.41) is 0. The number of likely N-dealkylation sites (tertiary alicyclic amines) is 1. The van der Waals surface area contributed by atoms with E-state index in [4.69, 9.17) is 4.84 Å². The molecule has 4 nitrogen and oxygen atoms in total. The monoisotopic (exact) mass is 200 g/mol. The van der Waals surface area contributed by atoms with Crippen LogP contribution < -0.4 is 5.48 Å². The highest BCUT2D eigenvalue weighted by atomic mass is 16.7. The molecular formula is C10H20N2O2. The van der Waals surface area contributed by atoms with E-state index in [2.05, 4.69) is 10.4 Å². The third-order valence-electron chi connectivity index (χ3n) is 2.80. The quantitative estimate of drug-likeness (QED) is 0.666. The fraction of sp³-hybridized carbons (Fsp3) is 0.900. The van der Waals surface area contributed by atoms with Crippen molar-refractivity contribution < 1.29 is 9.63 Å². The topological polar surface area (TPSA) is 41.6 Å². The summed E-state index contributed by atoms with van der Waals surface area (Å²) in [5.41, 5.74) is 2.85. The van der Waals surface area contributed by atoms with Gasteiger partial charge in [0.2, 0.25) is 0 Å². The van der Waals surface area contributed by atoms with Crippen molar-refractivity contribution in [1.82, 2.24) is 10.4 Å². The maximum absolute atomic E-state index is 11.3. The minimum Gasteiger partial charge on any atom is -0.298 e. The minimum atomic E-state index is 0.0602. The molecule has 2 aliphatic heterocycles. The van der Waals surface area contributed by atoms with Crippen molar-refractivity contribution in [3.63, 3.8) is 0 Å². The summed E-state index contributed by atoms with van der Waals surface area (Å²) in [6, 6.07) is 0.0602. The lowest BCUT2D eigenvalue weighted by atomic mass is 9.97. The van der Waals surface area contributed by atoms with Crippen molar-refractivity contribution in [3.05, 3.63) is 0 Å². The molecule has 82 valence electrons. The Bertz CT molecular complexity index is 208. The van der Waals surface area contributed by atoms with Crippen LogP contribution in [0.1, 0.15) is 20.8 Å². The van der Waals surface area contributed by atoms with Crippen LogP contribution in [0, 0.1) is 5.92 Å². The molecule has 3 unspecified atom stereocenters. The van der Waals surface area contributed by atoms with Crippen molar-refractivity contribution in [2.75, 3.05) is 20.1 Å². The maximum atomic E-state index is 11.3. The molecule has 2 saturated heterocycles. The molecule has 2 rings (SSSR count). The molecular weight excluding hydrogens is 180 g/mol. The van der Waals surface area contributed by atoms with E-state index in [0.29, 0.717) is 5.92 Å². The Balaban J connectivity index is 0.000000461. The molecule has 3 atom stereocenters. The second kappa shape index (κ2) is 4.87. The molecule has 1 N–H and O–H groups in total. The predicted octanol–water partition coefficient (Wildman–Crippen LogP) is 0.435. The lowest BCUT2D eigenvalue weighted by Crippen LogP contribution is -2.37. The zero-order valence-corrected chi connectivity index (χ0v) is 9.41. The van der Waals surface area contributed by atoms with Gasteiger partial charge in [-0.25, -0.2) is 5.48 Å². The summed E-state index contributed by atoms with van der Waals surface area (Å²) in [5.74, 6) is 0.602. The summed E-state index contributed by atoms with van der Waals surface area (Å²) in [6.45, 7) is 7.32. The minimum absolute atomic E-state index is 0.0602. The van der Waals surface area contributed by atoms with E-state index in [-0.39, 0.29) is 17.9 Å². The Morgan fingerprint density at radius 1 is 1.50 bits per heavy atom. The molecule has 0 amide bonds. The van der Waals surface area contributed by atoms with Crippen LogP contribution in [0.5, 0.6) is 0 Å². The highest BCUT2D eigenvalue weighted by Gasteiger charge is 2.46. The van der Waals surface area contributed by atoms with Gasteiger partial charge in [-0.05, 0) is 14.0 Å². The summed E-state index contributed by atoms with van der Waals surface area (Å²) in [7, 11) is 1.98. The maximum Gasteiger partial charge on any atom is 0.147 e. The van der Waals surface area contributed by atoms with Crippen LogP contribution in [0.2, 0.25) is 0 Å². The normalized spacial score (nSPS) is 36.1. The molecule has 0 spiro atoms. The standard InChI is InChI=1S/C8H14N2O2.C2H6/c1-5(11)8-6-3-9-12-7(6)4-10(8)2;1-2/h6-9H,3-4H2,1-2H3;1-2H3. The molecule has 2 heterocycles. The number of Topliss-reactive ketones (excluding diaryl/α,β-unsaturated/α-hetero) is 1. The van der Waals surface area contributed by atoms with Crippen LogP contribution >= 0.6 is 0 Å². The first kappa shape index (κ1) is 11.6. The average Bonchev–Trinajstić information content (AvgIpc) is 2.66. The van der Waals surface area contributed by atoms with E-state index >= 15 is 0 Å². The SMILES string of the molecule is CC.CC(=O)C1C2CNOC2CN1C. The van der Waals surface area contributed by atoms with E-state index in [9.17, 15) is 4.79 Å². The van der Waals surface area contributed by atoms with Gasteiger partial charge in [-0.2, -0.15) is 0 Å². The molecule has 0 saturated carbocycles. The number of nitrogens with zero attached hydrogens (tertiary/aromatic N) is 1. The molecule has 0 aromatic rings. The van der Waals surface area contributed by atoms with Gasteiger partial charge in [0.25, 0.3) is 0 Å². The van der Waals surface area contributed by atoms with Gasteiger partial charge >= 0.3 is 0 Å². The van der Waals surface area contributed by atoms with Crippen LogP contribution in [0.25, 0.3) is 0 Å². The van der Waals surface area contributed by atoms with E-state index in [1.54, 1.807) is 6.92 Å². The number of hydrogen-bond donors (Lipinski definition) is 1. The average molecular weight is 200 g/mol. The lowest BCUT2D eigenvalue weighted by Gasteiger charge is -2.19. The van der Waals surface area contributed by atoms with Crippen LogP contribution in [0.15, 0.2) is 0 Å². The molecule has 0 aromatic heterocycles. The molecule has 0 radical (unpaired) electrons. The van der Waals surface area contributed by atoms with Gasteiger partial charge in [-0.3, -0.25) is 14.5 Å². The Hall–Kier alpha value is -0.450. The zero-order valence-electron chi connectivity index (χ0n) is 9.41. The van der Waals surface area contributed by atoms with Crippen molar-refractivity contribution in [2.45, 2.75) is 32.9 Å². The smallest absolute Gasteiger partial charge is 0.147 e. The first-order valence-corrected chi connectivity index (χ1v) is 5.29. The van der Waals surface area contributed by atoms with Gasteiger partial charge < -0.3 is 0 Å². The summed E-state index contributed by atoms with van der Waals surface area (Å²) in [4.78, 5) is 18.6. The van der Waals surface area contributed by atoms with Crippen molar-refractivity contribution >= 4 is 5.78 Å². The summed E-state index contributed by atoms with van der Waals surface area (Å²) >= 11 is 0. The number of hydroxylamine groups is 1. The largest absolute Gasteiger partial charge is 0.298 e. The molecule has 14 heavy (non-hydrogen) atoms. The van der Waals surface area contributed by atoms with E-state index in [0.717, 1.165) is 13.1 Å². The Kier molecular flexibility index (Phi) is 4.04. The summed E-state index contributed by atoms with van der Waals surface area (Å²) in [6.07, 6.45) is 0.212. The van der Waals surface area contributed by atoms with E-state index in [1.165, 1.54) is 0 Å². The van der Waals surface area contributed by atoms with E-state index in [1.807, 2.05) is 20.9 Å². The van der Waals surface area contributed by atoms with Gasteiger partial charge in [0.15, 0.2) is 0 Å². The van der Waals surface area contributed by atoms with Gasteiger partial charge in [-0.1, -0.05) is 13.8 Å². The van der Waals surface area contributed by atoms with Gasteiger partial charge in [0.1, 0.15) is 5.78 Å². The van der Waals surface area contributed by atoms with Crippen LogP contribution in [0.3, 0.4) is 0 Å². The number of rotatable bonds is 1. The lowest BCUT2D eigenvalue weighted by molar-refractivity contribution is -0.121. The highest BCUT2D eigenvalue weighted by molar-refractivity contribution is 5.82. The Morgan fingerprint density at radius 2 is 2.14 bits per heavy atom. The van der Waals surface area contributed by atoms with Crippen molar-refractivity contribution in [3.8, 4) is 0 Å². The number of carbonyl (C=O) groups is 1. The van der Waals surface area contributed by atoms with E-state index < -0.39 is 0 Å². The van der Waals surface area contributed by atoms with Crippen LogP contribution in [-0.4, -0.2) is 43.0 Å². The number of hydrogen-bond acceptors (Lipinski definition) is 4. The second-order valence-corrected chi connectivity index (χ2v) is 3.66. The fourth-order valence-electron chi connectivity index (χ4n) is 2.29. The Labute approximate surface area is 85.6 Å². The molecule has 0 bridgehead atoms. The van der Waals surface area contributed by atoms with Crippen molar-refractivity contribution in [1.29, 1.82) is 0 Å². The number of likely N-dealkylation sites (N-methyl/N-ethyl adjacent to an activating group) is 1. The first-order chi connectivity index (χ1) is 6.70. The predicted molar refractivity (Wildman–Crippen MR) is 54.8 cm³/mol. The van der Waals surface area contributed by atoms with Crippen LogP contribution in [0.4, 0.5) is 0 Å². The molecule has 2 fully saturated rings. The third-order valence-corrected chi connectivity index (χ3v) is 2.80. The van der Waals surface area contributed by atoms with Crippen LogP contribution in [-0.2, 0) is 9.63 Å². The third kappa shape index (κ3) is 1.97. The highest BCUT2D eigenvalue weighted by Crippen LogP contribution is 2.28. The molecule has 4 heteroatoms. The zero-order chi connectivity index (χ0) is 10.7. The number of nitrogens with one attached hydrogen (secondary N) is 1. The van der Waals surface area contributed by atoms with Crippen molar-refractivity contribution in [2.24, 2.45) is 5.92 Å². The number of fused-ring (bicyclic) bond motifs is 1. The molecule has 0 aliphatic carbocycles. The number of ketones is 1. The molecule has 2 aliphatic rings.